The van der Waals surface area contributed by atoms with Gasteiger partial charge in [-0.1, -0.05) is 136 Å². The van der Waals surface area contributed by atoms with E-state index in [-0.39, 0.29) is 0 Å². The minimum Gasteiger partial charge on any atom is -0.134 e. The number of fused-ring (bicyclic) bond motifs is 10. The third-order valence-corrected chi connectivity index (χ3v) is 14.6. The van der Waals surface area contributed by atoms with Crippen LogP contribution in [0.4, 0.5) is 0 Å². The fourth-order valence-electron chi connectivity index (χ4n) is 7.11. The summed E-state index contributed by atoms with van der Waals surface area (Å²) in [5.74, 6) is 0. The van der Waals surface area contributed by atoms with Crippen molar-refractivity contribution in [2.45, 2.75) is 39.5 Å². The van der Waals surface area contributed by atoms with E-state index in [1.165, 1.54) is 118 Å². The van der Waals surface area contributed by atoms with Gasteiger partial charge in [0.25, 0.3) is 0 Å². The van der Waals surface area contributed by atoms with Gasteiger partial charge < -0.3 is 0 Å². The molecule has 6 aromatic carbocycles. The first kappa shape index (κ1) is 31.6. The minimum absolute atomic E-state index is 1.17. The Morgan fingerprint density at radius 1 is 0.340 bits per heavy atom. The molecule has 0 aliphatic heterocycles. The van der Waals surface area contributed by atoms with Crippen LogP contribution in [0.25, 0.3) is 81.4 Å². The monoisotopic (exact) mass is 716 g/mol. The molecular weight excluding hydrogens is 681 g/mol. The maximum absolute atomic E-state index is 2.39. The largest absolute Gasteiger partial charge is 0.134 e. The number of benzene rings is 6. The first-order chi connectivity index (χ1) is 24.7. The highest BCUT2D eigenvalue weighted by atomic mass is 32.1. The Morgan fingerprint density at radius 3 is 1.04 bits per heavy atom. The zero-order chi connectivity index (χ0) is 33.6. The van der Waals surface area contributed by atoms with Crippen molar-refractivity contribution in [2.24, 2.45) is 0 Å². The van der Waals surface area contributed by atoms with Crippen LogP contribution in [0.1, 0.15) is 37.8 Å². The maximum atomic E-state index is 2.39. The van der Waals surface area contributed by atoms with Gasteiger partial charge in [0.1, 0.15) is 0 Å². The molecule has 0 fully saturated rings. The lowest BCUT2D eigenvalue weighted by atomic mass is 10.0. The molecule has 4 heterocycles. The minimum atomic E-state index is 1.17. The Bertz CT molecular complexity index is 2580. The Hall–Kier alpha value is -4.32. The van der Waals surface area contributed by atoms with Crippen LogP contribution in [0.3, 0.4) is 0 Å². The number of thiophene rings is 4. The molecule has 4 aromatic heterocycles. The van der Waals surface area contributed by atoms with Gasteiger partial charge in [0.05, 0.1) is 18.8 Å². The van der Waals surface area contributed by atoms with E-state index in [9.17, 15) is 0 Å². The van der Waals surface area contributed by atoms with E-state index in [2.05, 4.69) is 147 Å². The second kappa shape index (κ2) is 13.4. The molecule has 10 aromatic rings. The second-order valence-corrected chi connectivity index (χ2v) is 17.2. The predicted octanol–water partition coefficient (Wildman–Crippen LogP) is 15.8. The number of hydrogen-bond acceptors (Lipinski definition) is 4. The molecule has 0 radical (unpaired) electrons. The summed E-state index contributed by atoms with van der Waals surface area (Å²) in [4.78, 5) is 0. The van der Waals surface area contributed by atoms with Crippen LogP contribution in [0.15, 0.2) is 133 Å². The highest BCUT2D eigenvalue weighted by Crippen LogP contribution is 2.46. The Kier molecular flexibility index (Phi) is 8.50. The van der Waals surface area contributed by atoms with E-state index in [4.69, 9.17) is 0 Å². The van der Waals surface area contributed by atoms with Gasteiger partial charge in [0, 0.05) is 40.3 Å². The third-order valence-electron chi connectivity index (χ3n) is 9.59. The van der Waals surface area contributed by atoms with Crippen LogP contribution < -0.4 is 0 Å². The summed E-state index contributed by atoms with van der Waals surface area (Å²) in [6, 6.07) is 49.2. The van der Waals surface area contributed by atoms with Crippen molar-refractivity contribution in [3.8, 4) is 22.3 Å². The van der Waals surface area contributed by atoms with Gasteiger partial charge in [-0.15, -0.1) is 45.3 Å². The average molecular weight is 717 g/mol. The van der Waals surface area contributed by atoms with Crippen molar-refractivity contribution in [3.05, 3.63) is 145 Å². The Labute approximate surface area is 308 Å². The van der Waals surface area contributed by atoms with E-state index in [1.54, 1.807) is 0 Å². The highest BCUT2D eigenvalue weighted by Gasteiger charge is 2.15. The van der Waals surface area contributed by atoms with Crippen LogP contribution in [0, 0.1) is 0 Å². The third kappa shape index (κ3) is 5.75. The van der Waals surface area contributed by atoms with Crippen molar-refractivity contribution >= 4 is 104 Å². The molecule has 0 N–H and O–H groups in total. The molecule has 0 aliphatic carbocycles. The van der Waals surface area contributed by atoms with Gasteiger partial charge in [0.2, 0.25) is 0 Å². The van der Waals surface area contributed by atoms with E-state index in [0.29, 0.717) is 0 Å². The summed E-state index contributed by atoms with van der Waals surface area (Å²) in [6.07, 6.45) is 4.75. The zero-order valence-corrected chi connectivity index (χ0v) is 31.4. The fraction of sp³-hybridized carbons (Fsp3) is 0.130. The summed E-state index contributed by atoms with van der Waals surface area (Å²) in [5, 5.41) is 5.64. The van der Waals surface area contributed by atoms with Crippen LogP contribution in [-0.2, 0) is 12.8 Å². The summed E-state index contributed by atoms with van der Waals surface area (Å²) in [6.45, 7) is 4.49. The smallest absolute Gasteiger partial charge is 0.0542 e. The molecule has 0 amide bonds. The van der Waals surface area contributed by atoms with Crippen LogP contribution in [0.5, 0.6) is 0 Å². The predicted molar refractivity (Wildman–Crippen MR) is 228 cm³/mol. The number of aryl methyl sites for hydroxylation is 2. The van der Waals surface area contributed by atoms with Crippen LogP contribution >= 0.6 is 45.3 Å². The zero-order valence-electron chi connectivity index (χ0n) is 28.2. The second-order valence-electron chi connectivity index (χ2n) is 13.0. The highest BCUT2D eigenvalue weighted by molar-refractivity contribution is 7.37. The lowest BCUT2D eigenvalue weighted by molar-refractivity contribution is 0.924. The molecule has 244 valence electrons. The van der Waals surface area contributed by atoms with Crippen LogP contribution in [0.2, 0.25) is 0 Å². The first-order valence-electron chi connectivity index (χ1n) is 17.5. The van der Waals surface area contributed by atoms with Crippen LogP contribution in [-0.4, -0.2) is 0 Å². The summed E-state index contributed by atoms with van der Waals surface area (Å²) in [5.41, 5.74) is 8.10. The molecule has 0 atom stereocenters. The standard InChI is InChI=1S/2C23H18S2/c2*1-2-6-15-9-11-18-20(13-15)24-23-19-12-10-17(14-21(19)25-22(18)23)16-7-4-3-5-8-16/h2*3-5,7-14H,2,6H2,1H3. The Balaban J connectivity index is 0.000000135. The first-order valence-corrected chi connectivity index (χ1v) is 20.8. The van der Waals surface area contributed by atoms with Gasteiger partial charge in [-0.05, 0) is 70.5 Å². The van der Waals surface area contributed by atoms with E-state index in [0.717, 1.165) is 0 Å². The maximum Gasteiger partial charge on any atom is 0.0542 e. The van der Waals surface area contributed by atoms with Crippen molar-refractivity contribution in [1.82, 2.24) is 0 Å². The molecular formula is C46H36S4. The average Bonchev–Trinajstić information content (AvgIpc) is 3.90. The van der Waals surface area contributed by atoms with E-state index >= 15 is 0 Å². The Morgan fingerprint density at radius 2 is 0.680 bits per heavy atom. The molecule has 50 heavy (non-hydrogen) atoms. The normalized spacial score (nSPS) is 11.7. The lowest BCUT2D eigenvalue weighted by Crippen LogP contribution is -1.80. The van der Waals surface area contributed by atoms with Crippen molar-refractivity contribution in [1.29, 1.82) is 0 Å². The van der Waals surface area contributed by atoms with Gasteiger partial charge >= 0.3 is 0 Å². The molecule has 0 aliphatic rings. The topological polar surface area (TPSA) is 0 Å². The molecule has 0 spiro atoms. The summed E-state index contributed by atoms with van der Waals surface area (Å²) in [7, 11) is 0. The van der Waals surface area contributed by atoms with Crippen molar-refractivity contribution in [3.63, 3.8) is 0 Å². The van der Waals surface area contributed by atoms with Gasteiger partial charge in [-0.2, -0.15) is 0 Å². The quantitative estimate of drug-likeness (QED) is 0.161. The molecule has 4 heteroatoms. The molecule has 0 unspecified atom stereocenters. The van der Waals surface area contributed by atoms with Crippen molar-refractivity contribution < 1.29 is 0 Å². The SMILES string of the molecule is CCCc1ccc2c(c1)sc1c3ccc(-c4ccccc4)cc3sc21.CCCc1ccc2c(c1)sc1c3ccc(-c4ccccc4)cc3sc21. The summed E-state index contributed by atoms with van der Waals surface area (Å²) < 4.78 is 11.4. The van der Waals surface area contributed by atoms with Gasteiger partial charge in [-0.25, -0.2) is 0 Å². The van der Waals surface area contributed by atoms with E-state index < -0.39 is 0 Å². The molecule has 0 saturated carbocycles. The molecule has 0 nitrogen and oxygen atoms in total. The molecule has 10 rings (SSSR count). The van der Waals surface area contributed by atoms with Crippen molar-refractivity contribution in [2.75, 3.05) is 0 Å². The number of rotatable bonds is 6. The molecule has 0 bridgehead atoms. The van der Waals surface area contributed by atoms with Gasteiger partial charge in [0.15, 0.2) is 0 Å². The van der Waals surface area contributed by atoms with E-state index in [1.807, 2.05) is 45.3 Å². The molecule has 0 saturated heterocycles. The van der Waals surface area contributed by atoms with Gasteiger partial charge in [-0.3, -0.25) is 0 Å². The fourth-order valence-corrected chi connectivity index (χ4v) is 12.6. The lowest BCUT2D eigenvalue weighted by Gasteiger charge is -2.01. The summed E-state index contributed by atoms with van der Waals surface area (Å²) >= 11 is 7.77. The number of hydrogen-bond donors (Lipinski definition) is 0.